The second kappa shape index (κ2) is 8.81. The molecule has 0 bridgehead atoms. The van der Waals surface area contributed by atoms with Crippen LogP contribution in [0.15, 0.2) is 54.7 Å². The zero-order valence-electron chi connectivity index (χ0n) is 18.6. The van der Waals surface area contributed by atoms with E-state index >= 15 is 0 Å². The van der Waals surface area contributed by atoms with E-state index in [0.29, 0.717) is 35.4 Å². The van der Waals surface area contributed by atoms with Gasteiger partial charge in [-0.1, -0.05) is 36.4 Å². The average Bonchev–Trinajstić information content (AvgIpc) is 3.74. The van der Waals surface area contributed by atoms with Gasteiger partial charge in [-0.3, -0.25) is 19.5 Å². The number of aryl methyl sites for hydroxylation is 1. The Kier molecular flexibility index (Phi) is 5.70. The summed E-state index contributed by atoms with van der Waals surface area (Å²) in [4.78, 5) is 32.0. The molecule has 2 amide bonds. The van der Waals surface area contributed by atoms with Crippen molar-refractivity contribution < 1.29 is 14.0 Å². The maximum absolute atomic E-state index is 14.3. The quantitative estimate of drug-likeness (QED) is 0.551. The number of amides is 2. The van der Waals surface area contributed by atoms with Crippen molar-refractivity contribution in [3.8, 4) is 16.9 Å². The largest absolute Gasteiger partial charge is 0.333 e. The topological polar surface area (TPSA) is 67.2 Å². The molecule has 2 aliphatic carbocycles. The van der Waals surface area contributed by atoms with Crippen LogP contribution in [0.1, 0.15) is 31.2 Å². The Morgan fingerprint density at radius 1 is 1.12 bits per heavy atom. The lowest BCUT2D eigenvalue weighted by atomic mass is 10.2. The van der Waals surface area contributed by atoms with Crippen molar-refractivity contribution in [1.29, 1.82) is 0 Å². The third-order valence-corrected chi connectivity index (χ3v) is 6.21. The number of aromatic nitrogens is 2. The molecule has 170 valence electrons. The molecule has 1 heterocycles. The molecule has 2 aliphatic rings. The Hall–Kier alpha value is -3.48. The number of nitrogens with one attached hydrogen (secondary N) is 1. The Morgan fingerprint density at radius 3 is 2.55 bits per heavy atom. The van der Waals surface area contributed by atoms with Crippen molar-refractivity contribution in [3.63, 3.8) is 0 Å². The summed E-state index contributed by atoms with van der Waals surface area (Å²) in [5.41, 5.74) is 2.66. The minimum Gasteiger partial charge on any atom is -0.333 e. The summed E-state index contributed by atoms with van der Waals surface area (Å²) in [6.07, 6.45) is 5.82. The molecule has 2 fully saturated rings. The smallest absolute Gasteiger partial charge is 0.246 e. The molecule has 7 heteroatoms. The van der Waals surface area contributed by atoms with E-state index in [1.54, 1.807) is 34.7 Å². The van der Waals surface area contributed by atoms with E-state index < -0.39 is 0 Å². The van der Waals surface area contributed by atoms with E-state index in [4.69, 9.17) is 0 Å². The Morgan fingerprint density at radius 2 is 1.88 bits per heavy atom. The molecule has 0 aliphatic heterocycles. The third kappa shape index (κ3) is 4.97. The van der Waals surface area contributed by atoms with Crippen molar-refractivity contribution in [2.45, 2.75) is 32.6 Å². The van der Waals surface area contributed by atoms with Gasteiger partial charge in [0.2, 0.25) is 17.8 Å². The fourth-order valence-corrected chi connectivity index (χ4v) is 3.92. The number of carbonyl (C=O) groups excluding carboxylic acids is 2. The second-order valence-electron chi connectivity index (χ2n) is 9.10. The summed E-state index contributed by atoms with van der Waals surface area (Å²) >= 11 is 0. The summed E-state index contributed by atoms with van der Waals surface area (Å²) in [6, 6.07) is 14.5. The van der Waals surface area contributed by atoms with Crippen LogP contribution in [0.25, 0.3) is 16.9 Å². The zero-order valence-corrected chi connectivity index (χ0v) is 18.6. The van der Waals surface area contributed by atoms with E-state index in [9.17, 15) is 14.0 Å². The standard InChI is InChI=1S/C26H27FN4O2/c1-17-7-12-21(13-22(17)27)31-15-23(19-5-3-2-4-6-19)28-26(31)29-24(32)16-30(14-18-8-9-18)25(33)20-10-11-20/h2-7,12-13,15,18,20H,8-11,14,16H2,1H3,(H,28,29,32). The number of carbonyl (C=O) groups is 2. The van der Waals surface area contributed by atoms with Gasteiger partial charge in [-0.25, -0.2) is 9.37 Å². The summed E-state index contributed by atoms with van der Waals surface area (Å²) in [6.45, 7) is 2.34. The molecule has 0 radical (unpaired) electrons. The van der Waals surface area contributed by atoms with E-state index in [1.165, 1.54) is 6.07 Å². The summed E-state index contributed by atoms with van der Waals surface area (Å²) < 4.78 is 16.0. The lowest BCUT2D eigenvalue weighted by Gasteiger charge is -2.22. The fraction of sp³-hybridized carbons (Fsp3) is 0.346. The number of hydrogen-bond acceptors (Lipinski definition) is 3. The van der Waals surface area contributed by atoms with Crippen LogP contribution in [-0.2, 0) is 9.59 Å². The normalized spacial score (nSPS) is 15.3. The number of anilines is 1. The second-order valence-corrected chi connectivity index (χ2v) is 9.10. The first-order valence-corrected chi connectivity index (χ1v) is 11.5. The fourth-order valence-electron chi connectivity index (χ4n) is 3.92. The van der Waals surface area contributed by atoms with Gasteiger partial charge in [0.15, 0.2) is 0 Å². The first-order valence-electron chi connectivity index (χ1n) is 11.5. The van der Waals surface area contributed by atoms with Crippen molar-refractivity contribution in [3.05, 3.63) is 66.1 Å². The van der Waals surface area contributed by atoms with Gasteiger partial charge in [0.05, 0.1) is 17.9 Å². The molecule has 0 spiro atoms. The van der Waals surface area contributed by atoms with Crippen molar-refractivity contribution in [1.82, 2.24) is 14.5 Å². The summed E-state index contributed by atoms with van der Waals surface area (Å²) in [5, 5.41) is 2.87. The van der Waals surface area contributed by atoms with Crippen LogP contribution in [0.4, 0.5) is 10.3 Å². The molecule has 2 aromatic carbocycles. The van der Waals surface area contributed by atoms with Gasteiger partial charge in [-0.15, -0.1) is 0 Å². The first-order chi connectivity index (χ1) is 16.0. The molecular formula is C26H27FN4O2. The van der Waals surface area contributed by atoms with Crippen molar-refractivity contribution in [2.75, 3.05) is 18.4 Å². The first kappa shape index (κ1) is 21.4. The predicted molar refractivity (Wildman–Crippen MR) is 124 cm³/mol. The van der Waals surface area contributed by atoms with E-state index in [0.717, 1.165) is 31.2 Å². The average molecular weight is 447 g/mol. The highest BCUT2D eigenvalue weighted by molar-refractivity contribution is 5.94. The van der Waals surface area contributed by atoms with E-state index in [2.05, 4.69) is 10.3 Å². The Balaban J connectivity index is 1.41. The molecule has 33 heavy (non-hydrogen) atoms. The minimum absolute atomic E-state index is 0.00161. The lowest BCUT2D eigenvalue weighted by Crippen LogP contribution is -2.40. The Labute approximate surface area is 192 Å². The molecule has 1 N–H and O–H groups in total. The number of benzene rings is 2. The van der Waals surface area contributed by atoms with Crippen LogP contribution in [0.3, 0.4) is 0 Å². The van der Waals surface area contributed by atoms with Gasteiger partial charge in [0.1, 0.15) is 5.82 Å². The van der Waals surface area contributed by atoms with Crippen LogP contribution in [-0.4, -0.2) is 39.4 Å². The highest BCUT2D eigenvalue weighted by Crippen LogP contribution is 2.34. The van der Waals surface area contributed by atoms with Gasteiger partial charge >= 0.3 is 0 Å². The minimum atomic E-state index is -0.328. The molecule has 2 saturated carbocycles. The number of hydrogen-bond donors (Lipinski definition) is 1. The van der Waals surface area contributed by atoms with Gasteiger partial charge in [-0.05, 0) is 56.2 Å². The van der Waals surface area contributed by atoms with Crippen LogP contribution in [0, 0.1) is 24.6 Å². The predicted octanol–water partition coefficient (Wildman–Crippen LogP) is 4.57. The monoisotopic (exact) mass is 446 g/mol. The summed E-state index contributed by atoms with van der Waals surface area (Å²) in [7, 11) is 0. The molecule has 1 aromatic heterocycles. The van der Waals surface area contributed by atoms with E-state index in [1.807, 2.05) is 30.3 Å². The number of imidazole rings is 1. The molecule has 5 rings (SSSR count). The number of rotatable bonds is 8. The molecule has 3 aromatic rings. The molecule has 6 nitrogen and oxygen atoms in total. The third-order valence-electron chi connectivity index (χ3n) is 6.21. The molecule has 0 unspecified atom stereocenters. The van der Waals surface area contributed by atoms with Gasteiger partial charge < -0.3 is 4.90 Å². The van der Waals surface area contributed by atoms with Crippen LogP contribution in [0.5, 0.6) is 0 Å². The van der Waals surface area contributed by atoms with Gasteiger partial charge in [-0.2, -0.15) is 0 Å². The maximum atomic E-state index is 14.3. The lowest BCUT2D eigenvalue weighted by molar-refractivity contribution is -0.136. The van der Waals surface area contributed by atoms with Crippen LogP contribution in [0.2, 0.25) is 0 Å². The van der Waals surface area contributed by atoms with Gasteiger partial charge in [0, 0.05) is 24.2 Å². The molecular weight excluding hydrogens is 419 g/mol. The van der Waals surface area contributed by atoms with E-state index in [-0.39, 0.29) is 30.1 Å². The molecule has 0 atom stereocenters. The van der Waals surface area contributed by atoms with Crippen LogP contribution >= 0.6 is 0 Å². The molecule has 0 saturated heterocycles. The highest BCUT2D eigenvalue weighted by Gasteiger charge is 2.36. The number of halogens is 1. The Bertz CT molecular complexity index is 1180. The van der Waals surface area contributed by atoms with Gasteiger partial charge in [0.25, 0.3) is 0 Å². The maximum Gasteiger partial charge on any atom is 0.246 e. The number of nitrogens with zero attached hydrogens (tertiary/aromatic N) is 3. The van der Waals surface area contributed by atoms with Crippen LogP contribution < -0.4 is 5.32 Å². The SMILES string of the molecule is Cc1ccc(-n2cc(-c3ccccc3)nc2NC(=O)CN(CC2CC2)C(=O)C2CC2)cc1F. The highest BCUT2D eigenvalue weighted by atomic mass is 19.1. The summed E-state index contributed by atoms with van der Waals surface area (Å²) in [5.74, 6) is 0.314. The van der Waals surface area contributed by atoms with Crippen molar-refractivity contribution >= 4 is 17.8 Å². The zero-order chi connectivity index (χ0) is 22.9. The van der Waals surface area contributed by atoms with Crippen molar-refractivity contribution in [2.24, 2.45) is 11.8 Å².